The summed E-state index contributed by atoms with van der Waals surface area (Å²) in [7, 11) is 0. The smallest absolute Gasteiger partial charge is 0.324 e. The van der Waals surface area contributed by atoms with E-state index in [1.807, 2.05) is 32.9 Å². The van der Waals surface area contributed by atoms with Gasteiger partial charge in [-0.05, 0) is 37.1 Å². The number of hydrogen-bond acceptors (Lipinski definition) is 4. The monoisotopic (exact) mass is 306 g/mol. The van der Waals surface area contributed by atoms with Crippen molar-refractivity contribution in [2.24, 2.45) is 5.92 Å². The van der Waals surface area contributed by atoms with Crippen molar-refractivity contribution in [1.29, 1.82) is 0 Å². The van der Waals surface area contributed by atoms with Crippen LogP contribution in [0.5, 0.6) is 11.5 Å². The molecule has 120 valence electrons. The quantitative estimate of drug-likeness (QED) is 0.783. The summed E-state index contributed by atoms with van der Waals surface area (Å²) in [4.78, 5) is 25.1. The molecule has 0 radical (unpaired) electrons. The molecule has 22 heavy (non-hydrogen) atoms. The third-order valence-electron chi connectivity index (χ3n) is 3.44. The van der Waals surface area contributed by atoms with Crippen LogP contribution in [-0.4, -0.2) is 42.6 Å². The molecular formula is C16H22N2O4. The van der Waals surface area contributed by atoms with Crippen molar-refractivity contribution in [1.82, 2.24) is 10.2 Å². The van der Waals surface area contributed by atoms with Crippen LogP contribution in [0.1, 0.15) is 20.8 Å². The van der Waals surface area contributed by atoms with Gasteiger partial charge >= 0.3 is 6.03 Å². The molecule has 0 unspecified atom stereocenters. The SMILES string of the molecule is CCOc1ccc(OCCN2C(=O)N[C@@H](C(C)C)C2=O)cc1. The first-order chi connectivity index (χ1) is 10.5. The lowest BCUT2D eigenvalue weighted by molar-refractivity contribution is -0.128. The molecule has 1 heterocycles. The number of nitrogens with one attached hydrogen (secondary N) is 1. The number of carbonyl (C=O) groups excluding carboxylic acids is 2. The van der Waals surface area contributed by atoms with E-state index in [9.17, 15) is 9.59 Å². The van der Waals surface area contributed by atoms with Crippen molar-refractivity contribution in [3.8, 4) is 11.5 Å². The van der Waals surface area contributed by atoms with Crippen LogP contribution in [0.4, 0.5) is 4.79 Å². The second kappa shape index (κ2) is 7.15. The summed E-state index contributed by atoms with van der Waals surface area (Å²) >= 11 is 0. The Morgan fingerprint density at radius 1 is 1.14 bits per heavy atom. The minimum atomic E-state index is -0.432. The summed E-state index contributed by atoms with van der Waals surface area (Å²) in [5, 5.41) is 2.69. The Kier molecular flexibility index (Phi) is 5.25. The number of rotatable bonds is 7. The van der Waals surface area contributed by atoms with Crippen LogP contribution in [-0.2, 0) is 4.79 Å². The second-order valence-corrected chi connectivity index (χ2v) is 5.41. The Hall–Kier alpha value is -2.24. The molecule has 1 fully saturated rings. The van der Waals surface area contributed by atoms with E-state index in [-0.39, 0.29) is 31.0 Å². The fourth-order valence-electron chi connectivity index (χ4n) is 2.26. The van der Waals surface area contributed by atoms with Gasteiger partial charge in [-0.2, -0.15) is 0 Å². The summed E-state index contributed by atoms with van der Waals surface area (Å²) in [6.07, 6.45) is 0. The average molecular weight is 306 g/mol. The fraction of sp³-hybridized carbons (Fsp3) is 0.500. The highest BCUT2D eigenvalue weighted by atomic mass is 16.5. The van der Waals surface area contributed by atoms with Crippen LogP contribution in [0.3, 0.4) is 0 Å². The molecule has 1 aliphatic heterocycles. The van der Waals surface area contributed by atoms with Gasteiger partial charge in [0.05, 0.1) is 13.2 Å². The highest BCUT2D eigenvalue weighted by Crippen LogP contribution is 2.18. The van der Waals surface area contributed by atoms with E-state index in [0.29, 0.717) is 12.4 Å². The van der Waals surface area contributed by atoms with Crippen LogP contribution >= 0.6 is 0 Å². The van der Waals surface area contributed by atoms with Crippen LogP contribution in [0.2, 0.25) is 0 Å². The molecule has 3 amide bonds. The summed E-state index contributed by atoms with van der Waals surface area (Å²) in [5.74, 6) is 1.35. The number of hydrogen-bond donors (Lipinski definition) is 1. The predicted octanol–water partition coefficient (Wildman–Crippen LogP) is 2.04. The minimum absolute atomic E-state index is 0.0773. The number of urea groups is 1. The highest BCUT2D eigenvalue weighted by Gasteiger charge is 2.39. The Bertz CT molecular complexity index is 527. The molecule has 0 spiro atoms. The maximum Gasteiger partial charge on any atom is 0.324 e. The van der Waals surface area contributed by atoms with Gasteiger partial charge in [0, 0.05) is 0 Å². The van der Waals surface area contributed by atoms with Gasteiger partial charge < -0.3 is 14.8 Å². The molecule has 1 N–H and O–H groups in total. The van der Waals surface area contributed by atoms with Gasteiger partial charge in [0.15, 0.2) is 0 Å². The van der Waals surface area contributed by atoms with Gasteiger partial charge in [0.2, 0.25) is 0 Å². The number of imide groups is 1. The van der Waals surface area contributed by atoms with Crippen LogP contribution in [0.15, 0.2) is 24.3 Å². The Labute approximate surface area is 130 Å². The molecular weight excluding hydrogens is 284 g/mol. The van der Waals surface area contributed by atoms with Crippen molar-refractivity contribution >= 4 is 11.9 Å². The highest BCUT2D eigenvalue weighted by molar-refractivity contribution is 6.04. The minimum Gasteiger partial charge on any atom is -0.494 e. The number of ether oxygens (including phenoxy) is 2. The zero-order valence-electron chi connectivity index (χ0n) is 13.2. The van der Waals surface area contributed by atoms with Crippen LogP contribution < -0.4 is 14.8 Å². The first-order valence-electron chi connectivity index (χ1n) is 7.50. The predicted molar refractivity (Wildman–Crippen MR) is 82.0 cm³/mol. The van der Waals surface area contributed by atoms with Crippen molar-refractivity contribution in [2.75, 3.05) is 19.8 Å². The zero-order chi connectivity index (χ0) is 16.1. The maximum atomic E-state index is 12.1. The van der Waals surface area contributed by atoms with E-state index in [1.54, 1.807) is 12.1 Å². The first-order valence-corrected chi connectivity index (χ1v) is 7.50. The largest absolute Gasteiger partial charge is 0.494 e. The van der Waals surface area contributed by atoms with Crippen molar-refractivity contribution < 1.29 is 19.1 Å². The fourth-order valence-corrected chi connectivity index (χ4v) is 2.26. The molecule has 0 bridgehead atoms. The lowest BCUT2D eigenvalue weighted by atomic mass is 10.1. The summed E-state index contributed by atoms with van der Waals surface area (Å²) in [6, 6.07) is 6.46. The molecule has 2 rings (SSSR count). The van der Waals surface area contributed by atoms with Gasteiger partial charge in [-0.15, -0.1) is 0 Å². The molecule has 1 aromatic carbocycles. The molecule has 0 aliphatic carbocycles. The van der Waals surface area contributed by atoms with Crippen LogP contribution in [0.25, 0.3) is 0 Å². The molecule has 1 atom stereocenters. The lowest BCUT2D eigenvalue weighted by Crippen LogP contribution is -2.36. The number of amides is 3. The normalized spacial score (nSPS) is 17.8. The molecule has 1 aromatic rings. The van der Waals surface area contributed by atoms with E-state index in [0.717, 1.165) is 5.75 Å². The molecule has 6 heteroatoms. The third kappa shape index (κ3) is 3.69. The van der Waals surface area contributed by atoms with Gasteiger partial charge in [0.1, 0.15) is 24.1 Å². The molecule has 1 saturated heterocycles. The van der Waals surface area contributed by atoms with E-state index in [1.165, 1.54) is 4.90 Å². The maximum absolute atomic E-state index is 12.1. The summed E-state index contributed by atoms with van der Waals surface area (Å²) in [5.41, 5.74) is 0. The Morgan fingerprint density at radius 2 is 1.73 bits per heavy atom. The third-order valence-corrected chi connectivity index (χ3v) is 3.44. The van der Waals surface area contributed by atoms with E-state index >= 15 is 0 Å². The molecule has 1 aliphatic rings. The lowest BCUT2D eigenvalue weighted by Gasteiger charge is -2.15. The standard InChI is InChI=1S/C16H22N2O4/c1-4-21-12-5-7-13(8-6-12)22-10-9-18-15(19)14(11(2)3)17-16(18)20/h5-8,11,14H,4,9-10H2,1-3H3,(H,17,20)/t14-/m0/s1. The van der Waals surface area contributed by atoms with Gasteiger partial charge in [-0.3, -0.25) is 9.69 Å². The molecule has 6 nitrogen and oxygen atoms in total. The number of benzene rings is 1. The summed E-state index contributed by atoms with van der Waals surface area (Å²) in [6.45, 7) is 6.85. The topological polar surface area (TPSA) is 67.9 Å². The summed E-state index contributed by atoms with van der Waals surface area (Å²) < 4.78 is 10.9. The zero-order valence-corrected chi connectivity index (χ0v) is 13.2. The first kappa shape index (κ1) is 16.1. The van der Waals surface area contributed by atoms with E-state index in [4.69, 9.17) is 9.47 Å². The molecule has 0 saturated carbocycles. The van der Waals surface area contributed by atoms with Gasteiger partial charge in [-0.25, -0.2) is 4.79 Å². The van der Waals surface area contributed by atoms with Gasteiger partial charge in [0.25, 0.3) is 5.91 Å². The van der Waals surface area contributed by atoms with E-state index < -0.39 is 6.04 Å². The van der Waals surface area contributed by atoms with Crippen molar-refractivity contribution in [2.45, 2.75) is 26.8 Å². The van der Waals surface area contributed by atoms with Crippen LogP contribution in [0, 0.1) is 5.92 Å². The number of carbonyl (C=O) groups is 2. The average Bonchev–Trinajstić information content (AvgIpc) is 2.77. The Balaban J connectivity index is 1.83. The van der Waals surface area contributed by atoms with Crippen molar-refractivity contribution in [3.05, 3.63) is 24.3 Å². The van der Waals surface area contributed by atoms with Crippen molar-refractivity contribution in [3.63, 3.8) is 0 Å². The number of nitrogens with zero attached hydrogens (tertiary/aromatic N) is 1. The Morgan fingerprint density at radius 3 is 2.23 bits per heavy atom. The van der Waals surface area contributed by atoms with E-state index in [2.05, 4.69) is 5.32 Å². The van der Waals surface area contributed by atoms with Gasteiger partial charge in [-0.1, -0.05) is 13.8 Å². The molecule has 0 aromatic heterocycles. The second-order valence-electron chi connectivity index (χ2n) is 5.41.